The average Bonchev–Trinajstić information content (AvgIpc) is 2.99. The van der Waals surface area contributed by atoms with Crippen LogP contribution < -0.4 is 10.6 Å². The molecule has 3 N–H and O–H groups in total. The average molecular weight is 311 g/mol. The van der Waals surface area contributed by atoms with E-state index in [-0.39, 0.29) is 11.8 Å². The number of anilines is 1. The van der Waals surface area contributed by atoms with Crippen LogP contribution in [-0.2, 0) is 11.2 Å². The number of H-pyrrole nitrogens is 1. The maximum Gasteiger partial charge on any atom is 0.256 e. The van der Waals surface area contributed by atoms with Crippen LogP contribution in [0.2, 0.25) is 0 Å². The maximum atomic E-state index is 13.5. The van der Waals surface area contributed by atoms with Gasteiger partial charge in [-0.3, -0.25) is 9.59 Å². The molecule has 0 spiro atoms. The Balaban J connectivity index is 1.85. The van der Waals surface area contributed by atoms with Crippen molar-refractivity contribution in [3.63, 3.8) is 0 Å². The van der Waals surface area contributed by atoms with Gasteiger partial charge in [0, 0.05) is 35.6 Å². The highest BCUT2D eigenvalue weighted by Gasteiger charge is 2.27. The van der Waals surface area contributed by atoms with Crippen molar-refractivity contribution in [1.29, 1.82) is 0 Å². The van der Waals surface area contributed by atoms with Crippen LogP contribution in [0.3, 0.4) is 0 Å². The van der Waals surface area contributed by atoms with E-state index < -0.39 is 5.82 Å². The summed E-state index contributed by atoms with van der Waals surface area (Å²) in [6, 6.07) is 4.19. The molecule has 0 bridgehead atoms. The zero-order valence-electron chi connectivity index (χ0n) is 12.4. The van der Waals surface area contributed by atoms with E-state index in [4.69, 9.17) is 0 Å². The first-order valence-electron chi connectivity index (χ1n) is 7.37. The van der Waals surface area contributed by atoms with Gasteiger partial charge in [-0.05, 0) is 36.8 Å². The lowest BCUT2D eigenvalue weighted by Crippen LogP contribution is -2.31. The monoisotopic (exact) mass is 311 g/mol. The van der Waals surface area contributed by atoms with Crippen molar-refractivity contribution in [3.8, 4) is 0 Å². The van der Waals surface area contributed by atoms with Gasteiger partial charge in [0.1, 0.15) is 5.82 Å². The molecule has 0 radical (unpaired) electrons. The Hall–Kier alpha value is -2.89. The van der Waals surface area contributed by atoms with Crippen LogP contribution >= 0.6 is 0 Å². The lowest BCUT2D eigenvalue weighted by Gasteiger charge is -2.12. The summed E-state index contributed by atoms with van der Waals surface area (Å²) in [4.78, 5) is 27.4. The second-order valence-electron chi connectivity index (χ2n) is 5.73. The molecular formula is C17H14FN3O2. The molecule has 23 heavy (non-hydrogen) atoms. The quantitative estimate of drug-likeness (QED) is 0.707. The van der Waals surface area contributed by atoms with Crippen LogP contribution in [0.4, 0.5) is 10.1 Å². The number of hydrogen-bond acceptors (Lipinski definition) is 2. The van der Waals surface area contributed by atoms with Crippen LogP contribution in [0.5, 0.6) is 0 Å². The van der Waals surface area contributed by atoms with E-state index >= 15 is 0 Å². The lowest BCUT2D eigenvalue weighted by molar-refractivity contribution is -0.110. The van der Waals surface area contributed by atoms with Gasteiger partial charge in [-0.25, -0.2) is 4.39 Å². The molecule has 1 aromatic heterocycles. The molecule has 1 aromatic carbocycles. The number of fused-ring (bicyclic) bond motifs is 2. The summed E-state index contributed by atoms with van der Waals surface area (Å²) >= 11 is 0. The minimum Gasteiger partial charge on any atom is -0.358 e. The Labute approximate surface area is 131 Å². The van der Waals surface area contributed by atoms with Crippen molar-refractivity contribution in [2.75, 3.05) is 11.9 Å². The predicted molar refractivity (Wildman–Crippen MR) is 84.5 cm³/mol. The molecule has 2 aliphatic heterocycles. The smallest absolute Gasteiger partial charge is 0.256 e. The van der Waals surface area contributed by atoms with Crippen molar-refractivity contribution < 1.29 is 14.0 Å². The van der Waals surface area contributed by atoms with E-state index in [1.807, 2.05) is 6.92 Å². The minimum absolute atomic E-state index is 0.105. The Morgan fingerprint density at radius 1 is 1.22 bits per heavy atom. The third kappa shape index (κ3) is 2.06. The van der Waals surface area contributed by atoms with E-state index in [1.54, 1.807) is 12.1 Å². The Bertz CT molecular complexity index is 895. The van der Waals surface area contributed by atoms with Crippen molar-refractivity contribution in [1.82, 2.24) is 10.3 Å². The molecule has 2 amide bonds. The van der Waals surface area contributed by atoms with Crippen LogP contribution in [0.1, 0.15) is 32.9 Å². The molecule has 5 nitrogen and oxygen atoms in total. The van der Waals surface area contributed by atoms with Gasteiger partial charge < -0.3 is 15.6 Å². The fraction of sp³-hybridized carbons (Fsp3) is 0.176. The minimum atomic E-state index is -0.395. The van der Waals surface area contributed by atoms with Crippen LogP contribution in [0.25, 0.3) is 11.6 Å². The maximum absolute atomic E-state index is 13.5. The molecule has 116 valence electrons. The number of aromatic nitrogens is 1. The van der Waals surface area contributed by atoms with Crippen molar-refractivity contribution in [2.24, 2.45) is 0 Å². The van der Waals surface area contributed by atoms with Gasteiger partial charge in [0.2, 0.25) is 0 Å². The van der Waals surface area contributed by atoms with Crippen molar-refractivity contribution in [2.45, 2.75) is 13.3 Å². The first-order chi connectivity index (χ1) is 11.0. The molecule has 0 aliphatic carbocycles. The summed E-state index contributed by atoms with van der Waals surface area (Å²) in [7, 11) is 0. The van der Waals surface area contributed by atoms with Crippen LogP contribution in [0.15, 0.2) is 18.2 Å². The lowest BCUT2D eigenvalue weighted by atomic mass is 10.0. The molecule has 0 unspecified atom stereocenters. The zero-order valence-corrected chi connectivity index (χ0v) is 12.4. The fourth-order valence-corrected chi connectivity index (χ4v) is 3.16. The highest BCUT2D eigenvalue weighted by molar-refractivity contribution is 6.34. The highest BCUT2D eigenvalue weighted by atomic mass is 19.1. The van der Waals surface area contributed by atoms with Gasteiger partial charge in [0.25, 0.3) is 11.8 Å². The van der Waals surface area contributed by atoms with E-state index in [2.05, 4.69) is 15.6 Å². The Morgan fingerprint density at radius 2 is 2.04 bits per heavy atom. The van der Waals surface area contributed by atoms with E-state index in [9.17, 15) is 14.0 Å². The van der Waals surface area contributed by atoms with Crippen LogP contribution in [-0.4, -0.2) is 23.3 Å². The van der Waals surface area contributed by atoms with Crippen molar-refractivity contribution >= 4 is 29.2 Å². The summed E-state index contributed by atoms with van der Waals surface area (Å²) in [5, 5.41) is 5.53. The normalized spacial score (nSPS) is 17.7. The van der Waals surface area contributed by atoms with E-state index in [0.29, 0.717) is 34.6 Å². The number of amides is 2. The summed E-state index contributed by atoms with van der Waals surface area (Å²) in [6.45, 7) is 2.43. The van der Waals surface area contributed by atoms with Gasteiger partial charge in [0.05, 0.1) is 11.1 Å². The van der Waals surface area contributed by atoms with Gasteiger partial charge in [-0.1, -0.05) is 0 Å². The highest BCUT2D eigenvalue weighted by Crippen LogP contribution is 2.34. The molecule has 2 aromatic rings. The first-order valence-corrected chi connectivity index (χ1v) is 7.37. The largest absolute Gasteiger partial charge is 0.358 e. The number of nitrogens with one attached hydrogen (secondary N) is 3. The number of halogens is 1. The van der Waals surface area contributed by atoms with E-state index in [1.165, 1.54) is 12.1 Å². The number of rotatable bonds is 1. The second-order valence-corrected chi connectivity index (χ2v) is 5.73. The molecule has 0 atom stereocenters. The van der Waals surface area contributed by atoms with Gasteiger partial charge in [-0.2, -0.15) is 0 Å². The number of carbonyl (C=O) groups is 2. The summed E-state index contributed by atoms with van der Waals surface area (Å²) in [5.41, 5.74) is 4.52. The molecule has 4 rings (SSSR count). The molecule has 2 aliphatic rings. The van der Waals surface area contributed by atoms with Gasteiger partial charge >= 0.3 is 0 Å². The number of benzene rings is 1. The topological polar surface area (TPSA) is 74.0 Å². The van der Waals surface area contributed by atoms with Crippen LogP contribution in [0, 0.1) is 12.7 Å². The fourth-order valence-electron chi connectivity index (χ4n) is 3.16. The summed E-state index contributed by atoms with van der Waals surface area (Å²) < 4.78 is 13.5. The predicted octanol–water partition coefficient (Wildman–Crippen LogP) is 2.24. The van der Waals surface area contributed by atoms with Gasteiger partial charge in [-0.15, -0.1) is 0 Å². The van der Waals surface area contributed by atoms with E-state index in [0.717, 1.165) is 17.7 Å². The standard InChI is InChI=1S/C17H14FN3O2/c1-8-14(20-13-4-5-19-17(23)15(8)13)7-11-10-6-9(18)2-3-12(10)21-16(11)22/h2-3,6-7,20H,4-5H2,1H3,(H,19,23)(H,21,22). The molecular weight excluding hydrogens is 297 g/mol. The number of hydrogen-bond donors (Lipinski definition) is 3. The second kappa shape index (κ2) is 4.81. The third-order valence-corrected chi connectivity index (χ3v) is 4.31. The molecule has 6 heteroatoms. The first kappa shape index (κ1) is 13.8. The Kier molecular flexibility index (Phi) is 2.87. The molecule has 0 saturated carbocycles. The summed E-state index contributed by atoms with van der Waals surface area (Å²) in [5.74, 6) is -0.776. The Morgan fingerprint density at radius 3 is 2.83 bits per heavy atom. The molecule has 0 fully saturated rings. The number of aromatic amines is 1. The van der Waals surface area contributed by atoms with Gasteiger partial charge in [0.15, 0.2) is 0 Å². The summed E-state index contributed by atoms with van der Waals surface area (Å²) in [6.07, 6.45) is 2.41. The molecule has 0 saturated heterocycles. The molecule has 3 heterocycles. The SMILES string of the molecule is Cc1c(C=C2C(=O)Nc3ccc(F)cc32)[nH]c2c1C(=O)NCC2. The third-order valence-electron chi connectivity index (χ3n) is 4.31. The number of carbonyl (C=O) groups excluding carboxylic acids is 2. The van der Waals surface area contributed by atoms with Crippen molar-refractivity contribution in [3.05, 3.63) is 52.1 Å². The zero-order chi connectivity index (χ0) is 16.1.